The molecule has 1 unspecified atom stereocenters. The van der Waals surface area contributed by atoms with Crippen molar-refractivity contribution < 1.29 is 8.42 Å². The maximum atomic E-state index is 14.2. The maximum absolute atomic E-state index is 14.2. The lowest BCUT2D eigenvalue weighted by molar-refractivity contribution is 0.600. The summed E-state index contributed by atoms with van der Waals surface area (Å²) in [4.78, 5) is 38.2. The number of hydrogen-bond acceptors (Lipinski definition) is 7. The molecule has 0 saturated heterocycles. The molecule has 12 heteroatoms. The maximum Gasteiger partial charge on any atom is 0.265 e. The van der Waals surface area contributed by atoms with Gasteiger partial charge in [0.05, 0.1) is 33.1 Å². The van der Waals surface area contributed by atoms with Crippen LogP contribution in [0.25, 0.3) is 27.5 Å². The summed E-state index contributed by atoms with van der Waals surface area (Å²) in [7, 11) is -3.63. The van der Waals surface area contributed by atoms with Crippen molar-refractivity contribution in [3.05, 3.63) is 98.4 Å². The van der Waals surface area contributed by atoms with Gasteiger partial charge in [-0.25, -0.2) is 18.4 Å². The molecular formula is C27H23ClN6O4S. The van der Waals surface area contributed by atoms with Gasteiger partial charge in [0.1, 0.15) is 23.2 Å². The Labute approximate surface area is 227 Å². The first kappa shape index (κ1) is 25.1. The van der Waals surface area contributed by atoms with Crippen molar-refractivity contribution in [2.45, 2.75) is 31.1 Å². The second kappa shape index (κ2) is 9.51. The first-order valence-corrected chi connectivity index (χ1v) is 14.2. The molecule has 0 radical (unpaired) electrons. The second-order valence-corrected chi connectivity index (χ2v) is 11.7. The van der Waals surface area contributed by atoms with Gasteiger partial charge in [0.25, 0.3) is 5.56 Å². The minimum absolute atomic E-state index is 0.162. The molecule has 3 aromatic heterocycles. The fourth-order valence-electron chi connectivity index (χ4n) is 4.73. The average Bonchev–Trinajstić information content (AvgIpc) is 3.78. The fraction of sp³-hybridized carbons (Fsp3) is 0.185. The van der Waals surface area contributed by atoms with Crippen LogP contribution in [0.4, 0.5) is 11.5 Å². The molecule has 2 aromatic carbocycles. The van der Waals surface area contributed by atoms with E-state index in [9.17, 15) is 18.0 Å². The molecule has 39 heavy (non-hydrogen) atoms. The van der Waals surface area contributed by atoms with Crippen molar-refractivity contribution in [1.82, 2.24) is 19.5 Å². The molecule has 198 valence electrons. The van der Waals surface area contributed by atoms with Gasteiger partial charge in [-0.3, -0.25) is 18.9 Å². The summed E-state index contributed by atoms with van der Waals surface area (Å²) in [5, 5.41) is 3.86. The van der Waals surface area contributed by atoms with Crippen molar-refractivity contribution in [2.75, 3.05) is 10.0 Å². The zero-order valence-corrected chi connectivity index (χ0v) is 22.3. The molecule has 0 spiro atoms. The number of anilines is 2. The van der Waals surface area contributed by atoms with Crippen molar-refractivity contribution in [3.63, 3.8) is 0 Å². The van der Waals surface area contributed by atoms with Gasteiger partial charge in [0.2, 0.25) is 10.0 Å². The number of para-hydroxylation sites is 1. The Kier molecular flexibility index (Phi) is 6.12. The Morgan fingerprint density at radius 1 is 1.03 bits per heavy atom. The summed E-state index contributed by atoms with van der Waals surface area (Å²) in [6.45, 7) is 1.80. The van der Waals surface area contributed by atoms with Crippen LogP contribution in [0.15, 0.2) is 76.7 Å². The molecule has 5 aromatic rings. The van der Waals surface area contributed by atoms with Crippen molar-refractivity contribution in [3.8, 4) is 5.69 Å². The van der Waals surface area contributed by atoms with Crippen molar-refractivity contribution >= 4 is 54.9 Å². The SMILES string of the molecule is CC(Nc1ncnc2[nH]ccc(=O)c12)c1c(Cl)c2cccc(NS(=O)(=O)C3CC3)c2c(=O)n1-c1ccccc1. The molecule has 3 N–H and O–H groups in total. The molecular weight excluding hydrogens is 540 g/mol. The van der Waals surface area contributed by atoms with Gasteiger partial charge in [-0.15, -0.1) is 0 Å². The van der Waals surface area contributed by atoms with E-state index < -0.39 is 26.9 Å². The van der Waals surface area contributed by atoms with E-state index in [0.717, 1.165) is 0 Å². The van der Waals surface area contributed by atoms with Gasteiger partial charge in [-0.2, -0.15) is 0 Å². The van der Waals surface area contributed by atoms with E-state index in [4.69, 9.17) is 11.6 Å². The van der Waals surface area contributed by atoms with E-state index >= 15 is 0 Å². The number of aromatic amines is 1. The molecule has 0 bridgehead atoms. The van der Waals surface area contributed by atoms with Gasteiger partial charge in [0, 0.05) is 23.3 Å². The van der Waals surface area contributed by atoms with E-state index in [1.54, 1.807) is 49.4 Å². The standard InChI is InChI=1S/C27H23ClN6O4S/c1-15(32-26-22-20(35)12-13-29-25(22)30-14-31-26)24-23(28)18-8-5-9-19(33-39(37,38)17-10-11-17)21(18)27(36)34(24)16-6-3-2-4-7-16/h2-9,12-15,17,33H,10-11H2,1H3,(H2,29,30,31,32,35). The number of pyridine rings is 2. The third-order valence-electron chi connectivity index (χ3n) is 6.73. The second-order valence-electron chi connectivity index (χ2n) is 9.40. The molecule has 10 nitrogen and oxygen atoms in total. The highest BCUT2D eigenvalue weighted by molar-refractivity contribution is 7.93. The first-order valence-electron chi connectivity index (χ1n) is 12.3. The predicted octanol–water partition coefficient (Wildman–Crippen LogP) is 4.35. The molecule has 3 heterocycles. The summed E-state index contributed by atoms with van der Waals surface area (Å²) < 4.78 is 29.6. The van der Waals surface area contributed by atoms with Gasteiger partial charge in [-0.05, 0) is 38.0 Å². The van der Waals surface area contributed by atoms with Crippen LogP contribution >= 0.6 is 11.6 Å². The lowest BCUT2D eigenvalue weighted by Gasteiger charge is -2.24. The number of nitrogens with zero attached hydrogens (tertiary/aromatic N) is 3. The van der Waals surface area contributed by atoms with E-state index in [1.807, 2.05) is 6.07 Å². The number of hydrogen-bond donors (Lipinski definition) is 3. The molecule has 1 aliphatic rings. The Hall–Kier alpha value is -4.22. The molecule has 0 aliphatic heterocycles. The monoisotopic (exact) mass is 562 g/mol. The highest BCUT2D eigenvalue weighted by Gasteiger charge is 2.36. The Morgan fingerprint density at radius 2 is 1.79 bits per heavy atom. The lowest BCUT2D eigenvalue weighted by Crippen LogP contribution is -2.28. The number of sulfonamides is 1. The number of benzene rings is 2. The van der Waals surface area contributed by atoms with E-state index in [1.165, 1.54) is 23.2 Å². The average molecular weight is 563 g/mol. The molecule has 0 amide bonds. The van der Waals surface area contributed by atoms with Crippen LogP contribution in [-0.2, 0) is 10.0 Å². The van der Waals surface area contributed by atoms with Gasteiger partial charge in [-0.1, -0.05) is 41.9 Å². The number of halogens is 1. The Morgan fingerprint density at radius 3 is 2.54 bits per heavy atom. The molecule has 1 aliphatic carbocycles. The van der Waals surface area contributed by atoms with Crippen molar-refractivity contribution in [2.24, 2.45) is 0 Å². The predicted molar refractivity (Wildman–Crippen MR) is 152 cm³/mol. The van der Waals surface area contributed by atoms with Gasteiger partial charge >= 0.3 is 0 Å². The summed E-state index contributed by atoms with van der Waals surface area (Å²) in [6.07, 6.45) is 4.01. The summed E-state index contributed by atoms with van der Waals surface area (Å²) in [6, 6.07) is 14.6. The van der Waals surface area contributed by atoms with Crippen LogP contribution in [0, 0.1) is 0 Å². The fourth-order valence-corrected chi connectivity index (χ4v) is 6.54. The normalized spacial score (nSPS) is 14.4. The van der Waals surface area contributed by atoms with Crippen molar-refractivity contribution in [1.29, 1.82) is 0 Å². The molecule has 1 fully saturated rings. The zero-order chi connectivity index (χ0) is 27.3. The highest BCUT2D eigenvalue weighted by atomic mass is 35.5. The minimum Gasteiger partial charge on any atom is -0.361 e. The van der Waals surface area contributed by atoms with E-state index in [-0.39, 0.29) is 32.7 Å². The van der Waals surface area contributed by atoms with E-state index in [0.29, 0.717) is 35.3 Å². The first-order chi connectivity index (χ1) is 18.8. The van der Waals surface area contributed by atoms with Crippen LogP contribution in [0.5, 0.6) is 0 Å². The third kappa shape index (κ3) is 4.43. The number of fused-ring (bicyclic) bond motifs is 2. The van der Waals surface area contributed by atoms with Crippen LogP contribution in [0.1, 0.15) is 31.5 Å². The van der Waals surface area contributed by atoms with Gasteiger partial charge < -0.3 is 10.3 Å². The molecule has 1 saturated carbocycles. The minimum atomic E-state index is -3.63. The molecule has 6 rings (SSSR count). The number of aromatic nitrogens is 4. The summed E-state index contributed by atoms with van der Waals surface area (Å²) in [5.41, 5.74) is 0.795. The van der Waals surface area contributed by atoms with Crippen LogP contribution in [0.3, 0.4) is 0 Å². The number of H-pyrrole nitrogens is 1. The Balaban J connectivity index is 1.57. The smallest absolute Gasteiger partial charge is 0.265 e. The van der Waals surface area contributed by atoms with Crippen LogP contribution in [-0.4, -0.2) is 33.2 Å². The van der Waals surface area contributed by atoms with Crippen LogP contribution < -0.4 is 21.0 Å². The van der Waals surface area contributed by atoms with Crippen LogP contribution in [0.2, 0.25) is 5.02 Å². The summed E-state index contributed by atoms with van der Waals surface area (Å²) in [5.74, 6) is 0.281. The molecule has 1 atom stereocenters. The number of rotatable bonds is 7. The lowest BCUT2D eigenvalue weighted by atomic mass is 10.1. The summed E-state index contributed by atoms with van der Waals surface area (Å²) >= 11 is 7.02. The largest absolute Gasteiger partial charge is 0.361 e. The Bertz CT molecular complexity index is 1970. The quantitative estimate of drug-likeness (QED) is 0.268. The third-order valence-corrected chi connectivity index (χ3v) is 8.98. The highest BCUT2D eigenvalue weighted by Crippen LogP contribution is 2.36. The van der Waals surface area contributed by atoms with Gasteiger partial charge in [0.15, 0.2) is 5.43 Å². The topological polar surface area (TPSA) is 139 Å². The van der Waals surface area contributed by atoms with E-state index in [2.05, 4.69) is 25.0 Å². The zero-order valence-electron chi connectivity index (χ0n) is 20.7. The number of nitrogens with one attached hydrogen (secondary N) is 3.